The molecule has 0 aliphatic rings. The molecule has 4 nitrogen and oxygen atoms in total. The van der Waals surface area contributed by atoms with Gasteiger partial charge in [-0.1, -0.05) is 163 Å². The summed E-state index contributed by atoms with van der Waals surface area (Å²) in [7, 11) is -4.73. The van der Waals surface area contributed by atoms with Crippen molar-refractivity contribution >= 4 is 10.1 Å². The first-order valence-corrected chi connectivity index (χ1v) is 18.4. The highest BCUT2D eigenvalue weighted by Gasteiger charge is 2.13. The molecule has 0 amide bonds. The molecule has 0 radical (unpaired) electrons. The molecule has 0 aliphatic carbocycles. The molecule has 0 rings (SSSR count). The summed E-state index contributed by atoms with van der Waals surface area (Å²) in [6.45, 7) is 10.4. The lowest BCUT2D eigenvalue weighted by molar-refractivity contribution is -0.368. The molecule has 39 heavy (non-hydrogen) atoms. The van der Waals surface area contributed by atoms with Crippen molar-refractivity contribution in [3.8, 4) is 0 Å². The van der Waals surface area contributed by atoms with Gasteiger partial charge < -0.3 is 10.3 Å². The minimum absolute atomic E-state index is 0.151. The number of alkyl halides is 1. The Bertz CT molecular complexity index is 578. The number of rotatable bonds is 27. The van der Waals surface area contributed by atoms with Crippen LogP contribution in [-0.4, -0.2) is 25.0 Å². The van der Waals surface area contributed by atoms with E-state index in [9.17, 15) is 17.4 Å². The first kappa shape index (κ1) is 40.9. The lowest BCUT2D eigenvalue weighted by atomic mass is 9.89. The third-order valence-corrected chi connectivity index (χ3v) is 8.39. The summed E-state index contributed by atoms with van der Waals surface area (Å²) < 4.78 is 43.5. The molecule has 0 heterocycles. The number of hydrogen-bond donors (Lipinski definition) is 1. The monoisotopic (exact) mass is 580 g/mol. The molecule has 0 fully saturated rings. The van der Waals surface area contributed by atoms with Crippen molar-refractivity contribution in [3.63, 3.8) is 0 Å². The SMILES string of the molecule is CC(C)(C)CCCCCCCCCCCCCCCCC[NH3+].CCCCCCCCCCCC(F)S(=O)(=O)[O-]. The maximum atomic E-state index is 12.7. The zero-order valence-electron chi connectivity index (χ0n) is 26.9. The average Bonchev–Trinajstić information content (AvgIpc) is 2.86. The van der Waals surface area contributed by atoms with Crippen molar-refractivity contribution in [2.75, 3.05) is 6.54 Å². The highest BCUT2D eigenvalue weighted by atomic mass is 32.2. The van der Waals surface area contributed by atoms with Crippen LogP contribution in [0.4, 0.5) is 4.39 Å². The Hall–Kier alpha value is -0.200. The fourth-order valence-electron chi connectivity index (χ4n) is 4.89. The summed E-state index contributed by atoms with van der Waals surface area (Å²) in [5.41, 5.74) is 2.22. The van der Waals surface area contributed by atoms with Crippen LogP contribution in [0.3, 0.4) is 0 Å². The van der Waals surface area contributed by atoms with Gasteiger partial charge in [0.2, 0.25) is 0 Å². The molecule has 0 aromatic rings. The van der Waals surface area contributed by atoms with Crippen LogP contribution in [0.2, 0.25) is 0 Å². The standard InChI is InChI=1S/C21H45N.C12H25FO3S/c1-21(2,3)19-17-15-13-11-9-7-5-4-6-8-10-12-14-16-18-20-22;1-2-3-4-5-6-7-8-9-10-11-12(13)17(14,15)16/h4-20,22H2,1-3H3;12H,2-11H2,1H3,(H,14,15,16). The maximum absolute atomic E-state index is 12.7. The minimum Gasteiger partial charge on any atom is -0.746 e. The Labute approximate surface area is 245 Å². The third kappa shape index (κ3) is 37.8. The lowest BCUT2D eigenvalue weighted by Gasteiger charge is -2.17. The fraction of sp³-hybridized carbons (Fsp3) is 1.00. The summed E-state index contributed by atoms with van der Waals surface area (Å²) >= 11 is 0. The van der Waals surface area contributed by atoms with Gasteiger partial charge in [-0.15, -0.1) is 0 Å². The van der Waals surface area contributed by atoms with Gasteiger partial charge in [-0.3, -0.25) is 0 Å². The molecule has 3 N–H and O–H groups in total. The Kier molecular flexibility index (Phi) is 30.8. The Morgan fingerprint density at radius 3 is 1.21 bits per heavy atom. The van der Waals surface area contributed by atoms with E-state index < -0.39 is 15.6 Å². The number of quaternary nitrogens is 1. The zero-order valence-corrected chi connectivity index (χ0v) is 27.7. The summed E-state index contributed by atoms with van der Waals surface area (Å²) in [6.07, 6.45) is 32.6. The third-order valence-electron chi connectivity index (χ3n) is 7.52. The second-order valence-electron chi connectivity index (χ2n) is 13.0. The highest BCUT2D eigenvalue weighted by molar-refractivity contribution is 7.86. The first-order chi connectivity index (χ1) is 18.5. The van der Waals surface area contributed by atoms with Gasteiger partial charge in [0.25, 0.3) is 0 Å². The molecule has 0 bridgehead atoms. The van der Waals surface area contributed by atoms with Crippen LogP contribution in [0.1, 0.15) is 195 Å². The van der Waals surface area contributed by atoms with Crippen molar-refractivity contribution in [3.05, 3.63) is 0 Å². The van der Waals surface area contributed by atoms with E-state index in [-0.39, 0.29) is 6.42 Å². The van der Waals surface area contributed by atoms with E-state index in [4.69, 9.17) is 0 Å². The van der Waals surface area contributed by atoms with Crippen LogP contribution >= 0.6 is 0 Å². The smallest absolute Gasteiger partial charge is 0.189 e. The molecule has 1 unspecified atom stereocenters. The summed E-state index contributed by atoms with van der Waals surface area (Å²) in [4.78, 5) is 0. The van der Waals surface area contributed by atoms with E-state index in [0.29, 0.717) is 11.8 Å². The van der Waals surface area contributed by atoms with E-state index in [1.165, 1.54) is 135 Å². The van der Waals surface area contributed by atoms with Crippen molar-refractivity contribution in [2.45, 2.75) is 200 Å². The summed E-state index contributed by atoms with van der Waals surface area (Å²) in [5.74, 6) is 0. The van der Waals surface area contributed by atoms with Crippen LogP contribution in [-0.2, 0) is 10.1 Å². The van der Waals surface area contributed by atoms with Crippen molar-refractivity contribution in [1.82, 2.24) is 0 Å². The van der Waals surface area contributed by atoms with Crippen LogP contribution in [0, 0.1) is 5.41 Å². The van der Waals surface area contributed by atoms with E-state index >= 15 is 0 Å². The quantitative estimate of drug-likeness (QED) is 0.0776. The number of halogens is 1. The van der Waals surface area contributed by atoms with Crippen LogP contribution < -0.4 is 5.73 Å². The molecule has 0 aromatic heterocycles. The molecule has 238 valence electrons. The predicted molar refractivity (Wildman–Crippen MR) is 168 cm³/mol. The van der Waals surface area contributed by atoms with Gasteiger partial charge in [0.15, 0.2) is 5.50 Å². The van der Waals surface area contributed by atoms with Crippen molar-refractivity contribution in [2.24, 2.45) is 5.41 Å². The second kappa shape index (κ2) is 29.3. The molecule has 0 aliphatic heterocycles. The van der Waals surface area contributed by atoms with E-state index in [2.05, 4.69) is 33.4 Å². The van der Waals surface area contributed by atoms with Gasteiger partial charge in [-0.25, -0.2) is 12.8 Å². The van der Waals surface area contributed by atoms with Gasteiger partial charge in [0, 0.05) is 0 Å². The van der Waals surface area contributed by atoms with Crippen LogP contribution in [0.15, 0.2) is 0 Å². The topological polar surface area (TPSA) is 84.8 Å². The van der Waals surface area contributed by atoms with Gasteiger partial charge >= 0.3 is 0 Å². The maximum Gasteiger partial charge on any atom is 0.189 e. The second-order valence-corrected chi connectivity index (χ2v) is 14.5. The minimum atomic E-state index is -4.73. The molecule has 6 heteroatoms. The lowest BCUT2D eigenvalue weighted by Crippen LogP contribution is -2.50. The van der Waals surface area contributed by atoms with E-state index in [1.807, 2.05) is 0 Å². The van der Waals surface area contributed by atoms with Crippen molar-refractivity contribution < 1.29 is 23.1 Å². The summed E-state index contributed by atoms with van der Waals surface area (Å²) in [6, 6.07) is 0. The van der Waals surface area contributed by atoms with Gasteiger partial charge in [0.05, 0.1) is 6.54 Å². The average molecular weight is 580 g/mol. The van der Waals surface area contributed by atoms with Gasteiger partial charge in [0.1, 0.15) is 10.1 Å². The van der Waals surface area contributed by atoms with Crippen molar-refractivity contribution in [1.29, 1.82) is 0 Å². The molecule has 1 atom stereocenters. The zero-order chi connectivity index (χ0) is 29.7. The largest absolute Gasteiger partial charge is 0.746 e. The first-order valence-electron chi connectivity index (χ1n) is 16.9. The van der Waals surface area contributed by atoms with E-state index in [1.54, 1.807) is 0 Å². The Morgan fingerprint density at radius 1 is 0.590 bits per heavy atom. The molecule has 0 aromatic carbocycles. The summed E-state index contributed by atoms with van der Waals surface area (Å²) in [5, 5.41) is 0. The highest BCUT2D eigenvalue weighted by Crippen LogP contribution is 2.23. The Balaban J connectivity index is 0. The molecule has 0 saturated heterocycles. The molecular formula is C33H70FNO3S. The number of unbranched alkanes of at least 4 members (excludes halogenated alkanes) is 22. The van der Waals surface area contributed by atoms with Crippen LogP contribution in [0.25, 0.3) is 0 Å². The Morgan fingerprint density at radius 2 is 0.897 bits per heavy atom. The van der Waals surface area contributed by atoms with E-state index in [0.717, 1.165) is 25.8 Å². The number of hydrogen-bond acceptors (Lipinski definition) is 3. The van der Waals surface area contributed by atoms with Gasteiger partial charge in [-0.05, 0) is 37.5 Å². The normalized spacial score (nSPS) is 12.8. The van der Waals surface area contributed by atoms with Crippen LogP contribution in [0.5, 0.6) is 0 Å². The molecule has 0 saturated carbocycles. The fourth-order valence-corrected chi connectivity index (χ4v) is 5.35. The molecular weight excluding hydrogens is 509 g/mol. The van der Waals surface area contributed by atoms with Gasteiger partial charge in [-0.2, -0.15) is 0 Å². The molecule has 0 spiro atoms. The predicted octanol–water partition coefficient (Wildman–Crippen LogP) is 10.3.